The third kappa shape index (κ3) is 5.57. The summed E-state index contributed by atoms with van der Waals surface area (Å²) in [6, 6.07) is 5.69. The fourth-order valence-electron chi connectivity index (χ4n) is 3.46. The van der Waals surface area contributed by atoms with E-state index in [-0.39, 0.29) is 17.6 Å². The monoisotopic (exact) mass is 438 g/mol. The molecule has 9 nitrogen and oxygen atoms in total. The molecular weight excluding hydrogens is 408 g/mol. The summed E-state index contributed by atoms with van der Waals surface area (Å²) in [7, 11) is -2.20. The second-order valence-corrected chi connectivity index (χ2v) is 9.52. The maximum absolute atomic E-state index is 12.7. The van der Waals surface area contributed by atoms with Crippen LogP contribution in [0.25, 0.3) is 0 Å². The normalized spacial score (nSPS) is 22.4. The average molecular weight is 439 g/mol. The van der Waals surface area contributed by atoms with Crippen molar-refractivity contribution in [3.05, 3.63) is 36.2 Å². The Morgan fingerprint density at radius 3 is 2.63 bits per heavy atom. The number of aryl methyl sites for hydroxylation is 1. The van der Waals surface area contributed by atoms with Crippen molar-refractivity contribution in [2.45, 2.75) is 68.7 Å². The number of methoxy groups -OCH3 is 1. The van der Waals surface area contributed by atoms with Gasteiger partial charge in [-0.1, -0.05) is 19.1 Å². The molecule has 2 heterocycles. The molecule has 0 radical (unpaired) electrons. The summed E-state index contributed by atoms with van der Waals surface area (Å²) in [5.74, 6) is 0.904. The van der Waals surface area contributed by atoms with Gasteiger partial charge in [-0.2, -0.15) is 0 Å². The van der Waals surface area contributed by atoms with E-state index in [9.17, 15) is 13.5 Å². The summed E-state index contributed by atoms with van der Waals surface area (Å²) >= 11 is 0. The van der Waals surface area contributed by atoms with Crippen LogP contribution in [-0.4, -0.2) is 60.5 Å². The summed E-state index contributed by atoms with van der Waals surface area (Å²) in [6.07, 6.45) is 3.25. The van der Waals surface area contributed by atoms with E-state index in [1.165, 1.54) is 19.2 Å². The van der Waals surface area contributed by atoms with Crippen molar-refractivity contribution < 1.29 is 23.0 Å². The Morgan fingerprint density at radius 1 is 1.30 bits per heavy atom. The molecule has 1 aromatic carbocycles. The molecule has 30 heavy (non-hydrogen) atoms. The third-order valence-electron chi connectivity index (χ3n) is 5.30. The highest BCUT2D eigenvalue weighted by atomic mass is 32.2. The number of ether oxygens (including phenoxy) is 2. The van der Waals surface area contributed by atoms with Crippen LogP contribution in [0.3, 0.4) is 0 Å². The van der Waals surface area contributed by atoms with Gasteiger partial charge < -0.3 is 14.6 Å². The van der Waals surface area contributed by atoms with Crippen molar-refractivity contribution in [3.63, 3.8) is 0 Å². The van der Waals surface area contributed by atoms with Crippen LogP contribution in [0.1, 0.15) is 44.7 Å². The minimum absolute atomic E-state index is 0.0735. The highest BCUT2D eigenvalue weighted by Crippen LogP contribution is 2.24. The first-order valence-corrected chi connectivity index (χ1v) is 11.6. The predicted octanol–water partition coefficient (Wildman–Crippen LogP) is 1.69. The zero-order valence-corrected chi connectivity index (χ0v) is 18.4. The third-order valence-corrected chi connectivity index (χ3v) is 6.81. The molecule has 0 spiro atoms. The van der Waals surface area contributed by atoms with Crippen molar-refractivity contribution in [2.24, 2.45) is 0 Å². The van der Waals surface area contributed by atoms with Gasteiger partial charge in [0.1, 0.15) is 5.75 Å². The van der Waals surface area contributed by atoms with Crippen molar-refractivity contribution >= 4 is 10.0 Å². The molecule has 0 bridgehead atoms. The second kappa shape index (κ2) is 9.86. The molecule has 2 aromatic rings. The van der Waals surface area contributed by atoms with Gasteiger partial charge in [-0.05, 0) is 49.4 Å². The van der Waals surface area contributed by atoms with E-state index < -0.39 is 22.2 Å². The molecule has 0 amide bonds. The Balaban J connectivity index is 1.56. The molecule has 0 unspecified atom stereocenters. The molecule has 1 saturated heterocycles. The van der Waals surface area contributed by atoms with Crippen LogP contribution in [0, 0.1) is 0 Å². The molecule has 3 atom stereocenters. The van der Waals surface area contributed by atoms with Gasteiger partial charge in [-0.25, -0.2) is 13.1 Å². The smallest absolute Gasteiger partial charge is 0.240 e. The molecular formula is C20H30N4O5S. The van der Waals surface area contributed by atoms with Crippen molar-refractivity contribution in [1.29, 1.82) is 0 Å². The van der Waals surface area contributed by atoms with Gasteiger partial charge in [0.05, 0.1) is 42.6 Å². The van der Waals surface area contributed by atoms with E-state index in [4.69, 9.17) is 9.47 Å². The van der Waals surface area contributed by atoms with Gasteiger partial charge in [0, 0.05) is 12.7 Å². The number of hydrogen-bond donors (Lipinski definition) is 2. The highest BCUT2D eigenvalue weighted by molar-refractivity contribution is 7.89. The molecule has 1 aliphatic heterocycles. The molecule has 10 heteroatoms. The number of nitrogens with one attached hydrogen (secondary N) is 1. The Morgan fingerprint density at radius 2 is 2.03 bits per heavy atom. The first-order chi connectivity index (χ1) is 14.3. The molecule has 0 saturated carbocycles. The number of nitrogens with zero attached hydrogens (tertiary/aromatic N) is 3. The van der Waals surface area contributed by atoms with E-state index in [1.807, 2.05) is 6.20 Å². The summed E-state index contributed by atoms with van der Waals surface area (Å²) in [5, 5.41) is 18.0. The maximum Gasteiger partial charge on any atom is 0.240 e. The summed E-state index contributed by atoms with van der Waals surface area (Å²) < 4.78 is 40.9. The SMILES string of the molecule is COc1ccc(S(=O)(=O)N[C@@H]2CC[C@H](CCn3cc(C(C)C)nn3)O[C@@H]2CO)cc1. The lowest BCUT2D eigenvalue weighted by Crippen LogP contribution is -2.50. The average Bonchev–Trinajstić information content (AvgIpc) is 3.22. The van der Waals surface area contributed by atoms with E-state index in [1.54, 1.807) is 16.8 Å². The zero-order chi connectivity index (χ0) is 21.7. The minimum atomic E-state index is -3.73. The van der Waals surface area contributed by atoms with Crippen LogP contribution in [0.2, 0.25) is 0 Å². The summed E-state index contributed by atoms with van der Waals surface area (Å²) in [4.78, 5) is 0.147. The molecule has 0 aliphatic carbocycles. The molecule has 1 aromatic heterocycles. The fraction of sp³-hybridized carbons (Fsp3) is 0.600. The second-order valence-electron chi connectivity index (χ2n) is 7.81. The molecule has 3 rings (SSSR count). The summed E-state index contributed by atoms with van der Waals surface area (Å²) in [6.45, 7) is 4.53. The van der Waals surface area contributed by atoms with Crippen LogP contribution in [0.5, 0.6) is 5.75 Å². The number of aliphatic hydroxyl groups is 1. The number of hydrogen-bond acceptors (Lipinski definition) is 7. The summed E-state index contributed by atoms with van der Waals surface area (Å²) in [5.41, 5.74) is 0.945. The number of benzene rings is 1. The van der Waals surface area contributed by atoms with Gasteiger partial charge in [0.15, 0.2) is 0 Å². The largest absolute Gasteiger partial charge is 0.497 e. The van der Waals surface area contributed by atoms with Crippen LogP contribution >= 0.6 is 0 Å². The zero-order valence-electron chi connectivity index (χ0n) is 17.6. The Bertz CT molecular complexity index is 914. The number of sulfonamides is 1. The highest BCUT2D eigenvalue weighted by Gasteiger charge is 2.34. The van der Waals surface area contributed by atoms with Crippen LogP contribution in [-0.2, 0) is 21.3 Å². The lowest BCUT2D eigenvalue weighted by atomic mass is 9.98. The lowest BCUT2D eigenvalue weighted by Gasteiger charge is -2.36. The van der Waals surface area contributed by atoms with E-state index >= 15 is 0 Å². The lowest BCUT2D eigenvalue weighted by molar-refractivity contribution is -0.0891. The maximum atomic E-state index is 12.7. The molecule has 1 fully saturated rings. The van der Waals surface area contributed by atoms with Gasteiger partial charge >= 0.3 is 0 Å². The fourth-order valence-corrected chi connectivity index (χ4v) is 4.76. The number of aliphatic hydroxyl groups excluding tert-OH is 1. The van der Waals surface area contributed by atoms with E-state index in [2.05, 4.69) is 28.9 Å². The Hall–Kier alpha value is -2.01. The Labute approximate surface area is 177 Å². The van der Waals surface area contributed by atoms with Crippen molar-refractivity contribution in [1.82, 2.24) is 19.7 Å². The van der Waals surface area contributed by atoms with Crippen molar-refractivity contribution in [3.8, 4) is 5.75 Å². The minimum Gasteiger partial charge on any atom is -0.497 e. The van der Waals surface area contributed by atoms with Crippen LogP contribution in [0.4, 0.5) is 0 Å². The van der Waals surface area contributed by atoms with E-state index in [0.29, 0.717) is 31.1 Å². The predicted molar refractivity (Wildman–Crippen MR) is 111 cm³/mol. The van der Waals surface area contributed by atoms with Crippen LogP contribution in [0.15, 0.2) is 35.4 Å². The first kappa shape index (κ1) is 22.7. The van der Waals surface area contributed by atoms with Gasteiger partial charge in [-0.15, -0.1) is 5.10 Å². The van der Waals surface area contributed by atoms with Gasteiger partial charge in [-0.3, -0.25) is 4.68 Å². The number of aromatic nitrogens is 3. The van der Waals surface area contributed by atoms with Gasteiger partial charge in [0.25, 0.3) is 0 Å². The van der Waals surface area contributed by atoms with E-state index in [0.717, 1.165) is 12.1 Å². The number of rotatable bonds is 9. The topological polar surface area (TPSA) is 116 Å². The van der Waals surface area contributed by atoms with Crippen molar-refractivity contribution in [2.75, 3.05) is 13.7 Å². The Kier molecular flexibility index (Phi) is 7.45. The molecule has 166 valence electrons. The molecule has 1 aliphatic rings. The van der Waals surface area contributed by atoms with Gasteiger partial charge in [0.2, 0.25) is 10.0 Å². The first-order valence-electron chi connectivity index (χ1n) is 10.1. The standard InChI is InChI=1S/C20H30N4O5S/c1-14(2)19-12-24(23-21-19)11-10-16-6-9-18(20(13-25)29-16)22-30(26,27)17-7-4-15(28-3)5-8-17/h4-5,7-8,12,14,16,18,20,22,25H,6,9-11,13H2,1-3H3/t16-,18-,20-/m1/s1. The van der Waals surface area contributed by atoms with Crippen LogP contribution < -0.4 is 9.46 Å². The molecule has 2 N–H and O–H groups in total. The quantitative estimate of drug-likeness (QED) is 0.612.